The highest BCUT2D eigenvalue weighted by molar-refractivity contribution is 6.13. The fourth-order valence-electron chi connectivity index (χ4n) is 9.14. The van der Waals surface area contributed by atoms with Crippen molar-refractivity contribution in [1.82, 2.24) is 13.7 Å². The van der Waals surface area contributed by atoms with E-state index in [1.165, 1.54) is 98.7 Å². The summed E-state index contributed by atoms with van der Waals surface area (Å²) in [5, 5.41) is 10.0. The van der Waals surface area contributed by atoms with E-state index in [0.29, 0.717) is 0 Å². The fraction of sp³-hybridized carbons (Fsp3) is 0. The summed E-state index contributed by atoms with van der Waals surface area (Å²) in [5.74, 6) is 0. The van der Waals surface area contributed by atoms with Crippen LogP contribution in [0.5, 0.6) is 0 Å². The van der Waals surface area contributed by atoms with Crippen molar-refractivity contribution in [3.8, 4) is 28.2 Å². The van der Waals surface area contributed by atoms with Gasteiger partial charge in [0.25, 0.3) is 0 Å². The van der Waals surface area contributed by atoms with E-state index < -0.39 is 0 Å². The van der Waals surface area contributed by atoms with Gasteiger partial charge < -0.3 is 13.7 Å². The van der Waals surface area contributed by atoms with Crippen molar-refractivity contribution in [2.24, 2.45) is 0 Å². The molecule has 0 atom stereocenters. The molecular weight excluding hydrogens is 667 g/mol. The minimum absolute atomic E-state index is 1.16. The average Bonchev–Trinajstić information content (AvgIpc) is 3.89. The molecule has 0 bridgehead atoms. The molecule has 55 heavy (non-hydrogen) atoms. The van der Waals surface area contributed by atoms with Crippen LogP contribution in [0.4, 0.5) is 0 Å². The maximum Gasteiger partial charge on any atom is 0.0541 e. The van der Waals surface area contributed by atoms with Crippen LogP contribution in [0.1, 0.15) is 0 Å². The van der Waals surface area contributed by atoms with Gasteiger partial charge in [-0.25, -0.2) is 0 Å². The van der Waals surface area contributed by atoms with E-state index in [1.807, 2.05) is 0 Å². The maximum absolute atomic E-state index is 2.42. The molecule has 0 unspecified atom stereocenters. The summed E-state index contributed by atoms with van der Waals surface area (Å²) in [4.78, 5) is 0. The Bertz CT molecular complexity index is 3430. The third kappa shape index (κ3) is 4.44. The lowest BCUT2D eigenvalue weighted by Gasteiger charge is -2.12. The zero-order valence-corrected chi connectivity index (χ0v) is 29.9. The SMILES string of the molecule is c1ccc(-n2c3ccccc3c3cc(-c4ccc5c(c4)c4ccccc4n5-c4ccc5cc(-n6c7ccccc7c7ccccc76)ccc5c4)ccc32)cc1. The highest BCUT2D eigenvalue weighted by Crippen LogP contribution is 2.39. The number of aromatic nitrogens is 3. The number of fused-ring (bicyclic) bond motifs is 10. The Kier molecular flexibility index (Phi) is 6.34. The number of benzene rings is 9. The molecule has 256 valence electrons. The van der Waals surface area contributed by atoms with Crippen LogP contribution in [-0.2, 0) is 0 Å². The van der Waals surface area contributed by atoms with Gasteiger partial charge in [0.15, 0.2) is 0 Å². The monoisotopic (exact) mass is 699 g/mol. The van der Waals surface area contributed by atoms with Gasteiger partial charge in [-0.05, 0) is 107 Å². The molecule has 3 heteroatoms. The predicted molar refractivity (Wildman–Crippen MR) is 232 cm³/mol. The molecule has 0 aliphatic carbocycles. The first-order valence-electron chi connectivity index (χ1n) is 18.9. The lowest BCUT2D eigenvalue weighted by Crippen LogP contribution is -1.95. The van der Waals surface area contributed by atoms with Crippen molar-refractivity contribution in [2.75, 3.05) is 0 Å². The molecule has 0 fully saturated rings. The predicted octanol–water partition coefficient (Wildman–Crippen LogP) is 13.8. The number of nitrogens with zero attached hydrogens (tertiary/aromatic N) is 3. The quantitative estimate of drug-likeness (QED) is 0.174. The van der Waals surface area contributed by atoms with Gasteiger partial charge in [-0.15, -0.1) is 0 Å². The van der Waals surface area contributed by atoms with Crippen molar-refractivity contribution in [3.63, 3.8) is 0 Å². The van der Waals surface area contributed by atoms with Crippen molar-refractivity contribution in [2.45, 2.75) is 0 Å². The summed E-state index contributed by atoms with van der Waals surface area (Å²) in [6, 6.07) is 73.2. The van der Waals surface area contributed by atoms with Gasteiger partial charge in [-0.3, -0.25) is 0 Å². The molecule has 3 nitrogen and oxygen atoms in total. The van der Waals surface area contributed by atoms with Crippen molar-refractivity contribution in [1.29, 1.82) is 0 Å². The van der Waals surface area contributed by atoms with Crippen LogP contribution in [-0.4, -0.2) is 13.7 Å². The molecular formula is C52H33N3. The number of para-hydroxylation sites is 5. The normalized spacial score (nSPS) is 12.0. The summed E-state index contributed by atoms with van der Waals surface area (Å²) in [7, 11) is 0. The molecule has 3 aromatic heterocycles. The molecule has 0 saturated heterocycles. The third-order valence-electron chi connectivity index (χ3n) is 11.6. The van der Waals surface area contributed by atoms with Crippen LogP contribution in [0.3, 0.4) is 0 Å². The minimum Gasteiger partial charge on any atom is -0.309 e. The molecule has 3 heterocycles. The molecule has 0 saturated carbocycles. The smallest absolute Gasteiger partial charge is 0.0541 e. The highest BCUT2D eigenvalue weighted by atomic mass is 15.0. The van der Waals surface area contributed by atoms with Crippen molar-refractivity contribution < 1.29 is 0 Å². The third-order valence-corrected chi connectivity index (χ3v) is 11.6. The molecule has 0 aliphatic rings. The first-order valence-corrected chi connectivity index (χ1v) is 18.9. The van der Waals surface area contributed by atoms with Gasteiger partial charge in [-0.1, -0.05) is 115 Å². The van der Waals surface area contributed by atoms with E-state index in [9.17, 15) is 0 Å². The summed E-state index contributed by atoms with van der Waals surface area (Å²) >= 11 is 0. The standard InChI is InChI=1S/C52H33N3/c1-2-12-38(13-3-1)53-49-20-10-6-16-43(49)45-32-36(24-28-51(45)53)37-25-29-52-46(33-37)44-17-7-11-21-50(44)55(52)40-27-23-34-30-39(26-22-35(34)31-40)54-47-18-8-4-14-41(47)42-15-5-9-19-48(42)54/h1-33H. The topological polar surface area (TPSA) is 14.8 Å². The molecule has 9 aromatic carbocycles. The van der Waals surface area contributed by atoms with Gasteiger partial charge in [0.05, 0.1) is 33.1 Å². The largest absolute Gasteiger partial charge is 0.309 e. The molecule has 12 aromatic rings. The van der Waals surface area contributed by atoms with E-state index in [1.54, 1.807) is 0 Å². The summed E-state index contributed by atoms with van der Waals surface area (Å²) < 4.78 is 7.19. The molecule has 0 spiro atoms. The zero-order chi connectivity index (χ0) is 36.0. The van der Waals surface area contributed by atoms with E-state index >= 15 is 0 Å². The van der Waals surface area contributed by atoms with Crippen LogP contribution >= 0.6 is 0 Å². The van der Waals surface area contributed by atoms with E-state index in [-0.39, 0.29) is 0 Å². The summed E-state index contributed by atoms with van der Waals surface area (Å²) in [6.07, 6.45) is 0. The Balaban J connectivity index is 0.985. The lowest BCUT2D eigenvalue weighted by molar-refractivity contribution is 1.18. The molecule has 0 radical (unpaired) electrons. The van der Waals surface area contributed by atoms with Crippen molar-refractivity contribution >= 4 is 76.2 Å². The van der Waals surface area contributed by atoms with Crippen LogP contribution in [0.15, 0.2) is 200 Å². The second-order valence-corrected chi connectivity index (χ2v) is 14.6. The van der Waals surface area contributed by atoms with Crippen molar-refractivity contribution in [3.05, 3.63) is 200 Å². The minimum atomic E-state index is 1.16. The van der Waals surface area contributed by atoms with E-state index in [2.05, 4.69) is 214 Å². The van der Waals surface area contributed by atoms with Gasteiger partial charge in [0.1, 0.15) is 0 Å². The summed E-state index contributed by atoms with van der Waals surface area (Å²) in [5.41, 5.74) is 13.2. The number of hydrogen-bond acceptors (Lipinski definition) is 0. The highest BCUT2D eigenvalue weighted by Gasteiger charge is 2.17. The Morgan fingerprint density at radius 1 is 0.218 bits per heavy atom. The zero-order valence-electron chi connectivity index (χ0n) is 29.9. The van der Waals surface area contributed by atoms with Gasteiger partial charge >= 0.3 is 0 Å². The van der Waals surface area contributed by atoms with E-state index in [4.69, 9.17) is 0 Å². The number of hydrogen-bond donors (Lipinski definition) is 0. The lowest BCUT2D eigenvalue weighted by atomic mass is 10.0. The number of rotatable bonds is 4. The maximum atomic E-state index is 2.42. The molecule has 12 rings (SSSR count). The Morgan fingerprint density at radius 2 is 0.564 bits per heavy atom. The van der Waals surface area contributed by atoms with Crippen LogP contribution in [0, 0.1) is 0 Å². The Morgan fingerprint density at radius 3 is 1.00 bits per heavy atom. The van der Waals surface area contributed by atoms with Crippen LogP contribution < -0.4 is 0 Å². The van der Waals surface area contributed by atoms with Crippen LogP contribution in [0.2, 0.25) is 0 Å². The summed E-state index contributed by atoms with van der Waals surface area (Å²) in [6.45, 7) is 0. The Labute approximate surface area is 317 Å². The molecule has 0 N–H and O–H groups in total. The van der Waals surface area contributed by atoms with E-state index in [0.717, 1.165) is 5.69 Å². The Hall–Kier alpha value is -7.36. The average molecular weight is 700 g/mol. The fourth-order valence-corrected chi connectivity index (χ4v) is 9.14. The van der Waals surface area contributed by atoms with Crippen LogP contribution in [0.25, 0.3) is 104 Å². The van der Waals surface area contributed by atoms with Gasteiger partial charge in [0, 0.05) is 49.4 Å². The van der Waals surface area contributed by atoms with Gasteiger partial charge in [0.2, 0.25) is 0 Å². The first-order chi connectivity index (χ1) is 27.3. The molecule has 0 aliphatic heterocycles. The second kappa shape index (κ2) is 11.6. The first kappa shape index (κ1) is 30.1. The molecule has 0 amide bonds. The van der Waals surface area contributed by atoms with Gasteiger partial charge in [-0.2, -0.15) is 0 Å². The second-order valence-electron chi connectivity index (χ2n) is 14.6.